The van der Waals surface area contributed by atoms with E-state index < -0.39 is 17.7 Å². The first-order valence-corrected chi connectivity index (χ1v) is 13.4. The molecule has 0 spiro atoms. The summed E-state index contributed by atoms with van der Waals surface area (Å²) in [4.78, 5) is 30.5. The Morgan fingerprint density at radius 1 is 0.974 bits per heavy atom. The molecule has 1 saturated heterocycles. The Morgan fingerprint density at radius 3 is 2.29 bits per heavy atom. The Morgan fingerprint density at radius 2 is 1.68 bits per heavy atom. The summed E-state index contributed by atoms with van der Waals surface area (Å²) in [5.41, 5.74) is 1.17. The van der Waals surface area contributed by atoms with Gasteiger partial charge in [0, 0.05) is 12.1 Å². The van der Waals surface area contributed by atoms with Crippen LogP contribution in [0.3, 0.4) is 0 Å². The van der Waals surface area contributed by atoms with E-state index in [0.717, 1.165) is 26.1 Å². The molecular weight excluding hydrogens is 484 g/mol. The summed E-state index contributed by atoms with van der Waals surface area (Å²) in [6.07, 6.45) is 1.54. The van der Waals surface area contributed by atoms with E-state index in [1.54, 1.807) is 48.4 Å². The maximum absolute atomic E-state index is 13.4. The predicted molar refractivity (Wildman–Crippen MR) is 148 cm³/mol. The standard InChI is InChI=1S/C30H40N2O6/c1-6-19-38-24-16-13-22(20-25(24)36-5)27-26(28(33)21-11-14-23(15-12-21)37-9-4)29(34)30(35)32(27)18-10-17-31(7-2)8-3/h11-16,20,27,33H,6-10,17-19H2,1-5H3/t27-/m1/s1. The van der Waals surface area contributed by atoms with Gasteiger partial charge in [0.2, 0.25) is 0 Å². The van der Waals surface area contributed by atoms with Crippen molar-refractivity contribution >= 4 is 17.4 Å². The first-order valence-electron chi connectivity index (χ1n) is 13.4. The highest BCUT2D eigenvalue weighted by Crippen LogP contribution is 2.42. The van der Waals surface area contributed by atoms with Gasteiger partial charge in [-0.15, -0.1) is 0 Å². The highest BCUT2D eigenvalue weighted by Gasteiger charge is 2.46. The predicted octanol–water partition coefficient (Wildman–Crippen LogP) is 5.04. The molecule has 1 N–H and O–H groups in total. The summed E-state index contributed by atoms with van der Waals surface area (Å²) in [6, 6.07) is 11.5. The van der Waals surface area contributed by atoms with E-state index in [0.29, 0.717) is 54.6 Å². The first kappa shape index (κ1) is 29.0. The van der Waals surface area contributed by atoms with Crippen LogP contribution in [0, 0.1) is 0 Å². The van der Waals surface area contributed by atoms with Crippen molar-refractivity contribution in [1.29, 1.82) is 0 Å². The van der Waals surface area contributed by atoms with Crippen LogP contribution < -0.4 is 14.2 Å². The number of likely N-dealkylation sites (tertiary alicyclic amines) is 1. The third kappa shape index (κ3) is 6.48. The smallest absolute Gasteiger partial charge is 0.295 e. The van der Waals surface area contributed by atoms with Crippen molar-refractivity contribution < 1.29 is 28.9 Å². The molecule has 1 fully saturated rings. The molecule has 0 radical (unpaired) electrons. The first-order chi connectivity index (χ1) is 18.4. The van der Waals surface area contributed by atoms with Crippen LogP contribution in [0.1, 0.15) is 57.7 Å². The van der Waals surface area contributed by atoms with Crippen LogP contribution in [0.25, 0.3) is 5.76 Å². The van der Waals surface area contributed by atoms with Gasteiger partial charge in [0.15, 0.2) is 11.5 Å². The lowest BCUT2D eigenvalue weighted by Gasteiger charge is -2.27. The molecule has 1 aliphatic rings. The minimum atomic E-state index is -0.757. The number of aliphatic hydroxyl groups is 1. The van der Waals surface area contributed by atoms with E-state index in [1.165, 1.54) is 0 Å². The van der Waals surface area contributed by atoms with Gasteiger partial charge in [-0.2, -0.15) is 0 Å². The Balaban J connectivity index is 2.06. The molecule has 1 atom stereocenters. The van der Waals surface area contributed by atoms with Gasteiger partial charge < -0.3 is 29.1 Å². The van der Waals surface area contributed by atoms with Crippen LogP contribution in [-0.2, 0) is 9.59 Å². The highest BCUT2D eigenvalue weighted by atomic mass is 16.5. The number of Topliss-reactive ketones (excluding diaryl/α,β-unsaturated/α-hetero) is 1. The summed E-state index contributed by atoms with van der Waals surface area (Å²) in [7, 11) is 1.55. The highest BCUT2D eigenvalue weighted by molar-refractivity contribution is 6.46. The Hall–Kier alpha value is -3.52. The molecule has 1 amide bonds. The van der Waals surface area contributed by atoms with Gasteiger partial charge in [-0.3, -0.25) is 9.59 Å². The molecule has 0 bridgehead atoms. The average molecular weight is 525 g/mol. The van der Waals surface area contributed by atoms with Crippen molar-refractivity contribution in [3.8, 4) is 17.2 Å². The van der Waals surface area contributed by atoms with Gasteiger partial charge in [0.25, 0.3) is 11.7 Å². The van der Waals surface area contributed by atoms with Gasteiger partial charge in [0.1, 0.15) is 11.5 Å². The van der Waals surface area contributed by atoms with E-state index in [4.69, 9.17) is 14.2 Å². The number of carbonyl (C=O) groups excluding carboxylic acids is 2. The molecule has 2 aromatic rings. The number of aliphatic hydroxyl groups excluding tert-OH is 1. The van der Waals surface area contributed by atoms with E-state index in [2.05, 4.69) is 18.7 Å². The number of rotatable bonds is 14. The molecule has 3 rings (SSSR count). The van der Waals surface area contributed by atoms with E-state index in [1.807, 2.05) is 19.9 Å². The Labute approximate surface area is 225 Å². The van der Waals surface area contributed by atoms with Crippen LogP contribution >= 0.6 is 0 Å². The Kier molecular flexibility index (Phi) is 10.6. The molecule has 1 heterocycles. The third-order valence-electron chi connectivity index (χ3n) is 6.71. The average Bonchev–Trinajstić information content (AvgIpc) is 3.19. The number of amides is 1. The van der Waals surface area contributed by atoms with Crippen molar-refractivity contribution in [2.24, 2.45) is 0 Å². The second kappa shape index (κ2) is 13.9. The van der Waals surface area contributed by atoms with Gasteiger partial charge in [-0.05, 0) is 81.4 Å². The Bertz CT molecular complexity index is 1120. The fourth-order valence-electron chi connectivity index (χ4n) is 4.68. The fourth-order valence-corrected chi connectivity index (χ4v) is 4.68. The molecule has 38 heavy (non-hydrogen) atoms. The zero-order valence-corrected chi connectivity index (χ0v) is 23.2. The summed E-state index contributed by atoms with van der Waals surface area (Å²) in [5, 5.41) is 11.3. The summed E-state index contributed by atoms with van der Waals surface area (Å²) in [6.45, 7) is 12.2. The van der Waals surface area contributed by atoms with Crippen molar-refractivity contribution in [1.82, 2.24) is 9.80 Å². The number of methoxy groups -OCH3 is 1. The molecule has 0 aromatic heterocycles. The number of hydrogen-bond acceptors (Lipinski definition) is 7. The molecule has 2 aromatic carbocycles. The maximum Gasteiger partial charge on any atom is 0.295 e. The van der Waals surface area contributed by atoms with Crippen LogP contribution in [-0.4, -0.2) is 73.1 Å². The zero-order valence-electron chi connectivity index (χ0n) is 23.2. The van der Waals surface area contributed by atoms with Crippen LogP contribution in [0.5, 0.6) is 17.2 Å². The zero-order chi connectivity index (χ0) is 27.7. The number of ketones is 1. The minimum Gasteiger partial charge on any atom is -0.507 e. The van der Waals surface area contributed by atoms with E-state index in [-0.39, 0.29) is 11.3 Å². The van der Waals surface area contributed by atoms with Gasteiger partial charge in [-0.1, -0.05) is 26.8 Å². The lowest BCUT2D eigenvalue weighted by molar-refractivity contribution is -0.140. The maximum atomic E-state index is 13.4. The summed E-state index contributed by atoms with van der Waals surface area (Å²) < 4.78 is 16.9. The van der Waals surface area contributed by atoms with Crippen molar-refractivity contribution in [2.45, 2.75) is 46.6 Å². The lowest BCUT2D eigenvalue weighted by Crippen LogP contribution is -2.33. The van der Waals surface area contributed by atoms with Crippen molar-refractivity contribution in [2.75, 3.05) is 46.5 Å². The molecule has 0 saturated carbocycles. The monoisotopic (exact) mass is 524 g/mol. The number of hydrogen-bond donors (Lipinski definition) is 1. The minimum absolute atomic E-state index is 0.0614. The molecule has 206 valence electrons. The SMILES string of the molecule is CCCOc1ccc([C@@H]2C(=C(O)c3ccc(OCC)cc3)C(=O)C(=O)N2CCCN(CC)CC)cc1OC. The van der Waals surface area contributed by atoms with Crippen LogP contribution in [0.2, 0.25) is 0 Å². The van der Waals surface area contributed by atoms with Gasteiger partial charge in [0.05, 0.1) is 31.9 Å². The topological polar surface area (TPSA) is 88.5 Å². The number of benzene rings is 2. The van der Waals surface area contributed by atoms with Crippen molar-refractivity contribution in [3.05, 3.63) is 59.2 Å². The second-order valence-corrected chi connectivity index (χ2v) is 9.09. The van der Waals surface area contributed by atoms with Crippen molar-refractivity contribution in [3.63, 3.8) is 0 Å². The van der Waals surface area contributed by atoms with E-state index >= 15 is 0 Å². The largest absolute Gasteiger partial charge is 0.507 e. The number of ether oxygens (including phenoxy) is 3. The second-order valence-electron chi connectivity index (χ2n) is 9.09. The fraction of sp³-hybridized carbons (Fsp3) is 0.467. The van der Waals surface area contributed by atoms with E-state index in [9.17, 15) is 14.7 Å². The normalized spacial score (nSPS) is 16.8. The van der Waals surface area contributed by atoms with Crippen LogP contribution in [0.15, 0.2) is 48.0 Å². The van der Waals surface area contributed by atoms with Gasteiger partial charge >= 0.3 is 0 Å². The third-order valence-corrected chi connectivity index (χ3v) is 6.71. The molecule has 8 heteroatoms. The number of nitrogens with zero attached hydrogens (tertiary/aromatic N) is 2. The number of carbonyl (C=O) groups is 2. The summed E-state index contributed by atoms with van der Waals surface area (Å²) >= 11 is 0. The van der Waals surface area contributed by atoms with Crippen LogP contribution in [0.4, 0.5) is 0 Å². The molecular formula is C30H40N2O6. The molecule has 1 aliphatic heterocycles. The molecule has 8 nitrogen and oxygen atoms in total. The summed E-state index contributed by atoms with van der Waals surface area (Å²) in [5.74, 6) is 0.216. The van der Waals surface area contributed by atoms with Gasteiger partial charge in [-0.25, -0.2) is 0 Å². The quantitative estimate of drug-likeness (QED) is 0.211. The molecule has 0 aliphatic carbocycles. The lowest BCUT2D eigenvalue weighted by atomic mass is 9.95. The molecule has 0 unspecified atom stereocenters.